The van der Waals surface area contributed by atoms with E-state index in [1.165, 1.54) is 23.3 Å². The van der Waals surface area contributed by atoms with Gasteiger partial charge in [-0.25, -0.2) is 0 Å². The van der Waals surface area contributed by atoms with Gasteiger partial charge in [0.25, 0.3) is 5.91 Å². The monoisotopic (exact) mass is 266 g/mol. The largest absolute Gasteiger partial charge is 0.341 e. The standard InChI is InChI=1S/C14H22N2OS/c1-15-8-5-9-16(2)14(17)13-10-11-6-3-4-7-12(11)18-13/h10,15H,3-9H2,1-2H3. The smallest absolute Gasteiger partial charge is 0.263 e. The molecule has 1 aliphatic rings. The number of nitrogens with one attached hydrogen (secondary N) is 1. The summed E-state index contributed by atoms with van der Waals surface area (Å²) in [4.78, 5) is 16.5. The molecular weight excluding hydrogens is 244 g/mol. The molecule has 0 atom stereocenters. The minimum Gasteiger partial charge on any atom is -0.341 e. The van der Waals surface area contributed by atoms with Gasteiger partial charge in [0.1, 0.15) is 0 Å². The van der Waals surface area contributed by atoms with Crippen LogP contribution in [0.25, 0.3) is 0 Å². The van der Waals surface area contributed by atoms with E-state index < -0.39 is 0 Å². The summed E-state index contributed by atoms with van der Waals surface area (Å²) < 4.78 is 0. The number of carbonyl (C=O) groups is 1. The minimum atomic E-state index is 0.186. The highest BCUT2D eigenvalue weighted by atomic mass is 32.1. The van der Waals surface area contributed by atoms with E-state index in [-0.39, 0.29) is 5.91 Å². The van der Waals surface area contributed by atoms with Gasteiger partial charge in [-0.05, 0) is 57.3 Å². The molecule has 0 saturated carbocycles. The molecule has 1 aromatic rings. The van der Waals surface area contributed by atoms with Crippen molar-refractivity contribution in [2.45, 2.75) is 32.1 Å². The number of hydrogen-bond acceptors (Lipinski definition) is 3. The van der Waals surface area contributed by atoms with Crippen LogP contribution in [-0.2, 0) is 12.8 Å². The van der Waals surface area contributed by atoms with Crippen molar-refractivity contribution in [2.75, 3.05) is 27.2 Å². The van der Waals surface area contributed by atoms with Gasteiger partial charge in [-0.3, -0.25) is 4.79 Å². The summed E-state index contributed by atoms with van der Waals surface area (Å²) in [7, 11) is 3.84. The summed E-state index contributed by atoms with van der Waals surface area (Å²) in [5.41, 5.74) is 1.42. The number of hydrogen-bond donors (Lipinski definition) is 1. The summed E-state index contributed by atoms with van der Waals surface area (Å²) in [6.07, 6.45) is 5.87. The van der Waals surface area contributed by atoms with Crippen LogP contribution in [0.5, 0.6) is 0 Å². The maximum absolute atomic E-state index is 12.3. The second-order valence-corrected chi connectivity index (χ2v) is 6.09. The zero-order valence-electron chi connectivity index (χ0n) is 11.3. The SMILES string of the molecule is CNCCCN(C)C(=O)c1cc2c(s1)CCCC2. The first-order chi connectivity index (χ1) is 8.72. The Balaban J connectivity index is 1.97. The normalized spacial score (nSPS) is 14.3. The molecule has 0 spiro atoms. The average Bonchev–Trinajstić information content (AvgIpc) is 2.81. The van der Waals surface area contributed by atoms with E-state index in [0.717, 1.165) is 37.2 Å². The van der Waals surface area contributed by atoms with Gasteiger partial charge in [0.15, 0.2) is 0 Å². The number of nitrogens with zero attached hydrogens (tertiary/aromatic N) is 1. The number of rotatable bonds is 5. The summed E-state index contributed by atoms with van der Waals surface area (Å²) in [6, 6.07) is 2.12. The van der Waals surface area contributed by atoms with Gasteiger partial charge in [-0.15, -0.1) is 11.3 Å². The number of aryl methyl sites for hydroxylation is 2. The first-order valence-corrected chi connectivity index (χ1v) is 7.55. The van der Waals surface area contributed by atoms with Crippen molar-refractivity contribution < 1.29 is 4.79 Å². The van der Waals surface area contributed by atoms with Crippen LogP contribution in [0.4, 0.5) is 0 Å². The van der Waals surface area contributed by atoms with Gasteiger partial charge < -0.3 is 10.2 Å². The Labute approximate surface area is 113 Å². The lowest BCUT2D eigenvalue weighted by Gasteiger charge is -2.15. The van der Waals surface area contributed by atoms with E-state index in [4.69, 9.17) is 0 Å². The molecule has 100 valence electrons. The Bertz CT molecular complexity index is 390. The fourth-order valence-corrected chi connectivity index (χ4v) is 3.63. The zero-order chi connectivity index (χ0) is 13.0. The minimum absolute atomic E-state index is 0.186. The predicted octanol–water partition coefficient (Wildman–Crippen LogP) is 2.31. The molecule has 2 rings (SSSR count). The van der Waals surface area contributed by atoms with Crippen molar-refractivity contribution in [1.82, 2.24) is 10.2 Å². The molecule has 0 bridgehead atoms. The maximum atomic E-state index is 12.3. The second kappa shape index (κ2) is 6.34. The Hall–Kier alpha value is -0.870. The first-order valence-electron chi connectivity index (χ1n) is 6.74. The van der Waals surface area contributed by atoms with Gasteiger partial charge in [0, 0.05) is 18.5 Å². The molecule has 1 heterocycles. The van der Waals surface area contributed by atoms with Crippen molar-refractivity contribution in [3.63, 3.8) is 0 Å². The molecule has 1 aliphatic carbocycles. The molecule has 1 amide bonds. The van der Waals surface area contributed by atoms with Gasteiger partial charge in [-0.2, -0.15) is 0 Å². The molecule has 3 nitrogen and oxygen atoms in total. The molecule has 0 radical (unpaired) electrons. The highest BCUT2D eigenvalue weighted by Gasteiger charge is 2.19. The third-order valence-corrected chi connectivity index (χ3v) is 4.70. The lowest BCUT2D eigenvalue weighted by atomic mass is 9.99. The summed E-state index contributed by atoms with van der Waals surface area (Å²) in [5.74, 6) is 0.186. The van der Waals surface area contributed by atoms with Crippen LogP contribution in [-0.4, -0.2) is 38.0 Å². The van der Waals surface area contributed by atoms with E-state index in [2.05, 4.69) is 11.4 Å². The van der Waals surface area contributed by atoms with Gasteiger partial charge in [-0.1, -0.05) is 0 Å². The van der Waals surface area contributed by atoms with Crippen molar-refractivity contribution in [1.29, 1.82) is 0 Å². The van der Waals surface area contributed by atoms with Crippen LogP contribution in [0, 0.1) is 0 Å². The summed E-state index contributed by atoms with van der Waals surface area (Å²) in [5, 5.41) is 3.11. The second-order valence-electron chi connectivity index (χ2n) is 4.95. The lowest BCUT2D eigenvalue weighted by molar-refractivity contribution is 0.0798. The van der Waals surface area contributed by atoms with Crippen LogP contribution in [0.15, 0.2) is 6.07 Å². The third kappa shape index (κ3) is 3.12. The molecule has 1 N–H and O–H groups in total. The van der Waals surface area contributed by atoms with Gasteiger partial charge in [0.2, 0.25) is 0 Å². The fraction of sp³-hybridized carbons (Fsp3) is 0.643. The van der Waals surface area contributed by atoms with Crippen molar-refractivity contribution in [3.8, 4) is 0 Å². The molecule has 0 unspecified atom stereocenters. The lowest BCUT2D eigenvalue weighted by Crippen LogP contribution is -2.28. The molecule has 0 fully saturated rings. The van der Waals surface area contributed by atoms with Crippen molar-refractivity contribution in [3.05, 3.63) is 21.4 Å². The molecule has 1 aromatic heterocycles. The number of thiophene rings is 1. The Morgan fingerprint density at radius 3 is 2.94 bits per heavy atom. The van der Waals surface area contributed by atoms with Crippen LogP contribution < -0.4 is 5.32 Å². The highest BCUT2D eigenvalue weighted by Crippen LogP contribution is 2.30. The topological polar surface area (TPSA) is 32.3 Å². The molecule has 0 aromatic carbocycles. The van der Waals surface area contributed by atoms with Gasteiger partial charge >= 0.3 is 0 Å². The van der Waals surface area contributed by atoms with Crippen molar-refractivity contribution in [2.24, 2.45) is 0 Å². The quantitative estimate of drug-likeness (QED) is 0.830. The van der Waals surface area contributed by atoms with E-state index >= 15 is 0 Å². The van der Waals surface area contributed by atoms with E-state index in [1.54, 1.807) is 11.3 Å². The number of fused-ring (bicyclic) bond motifs is 1. The van der Waals surface area contributed by atoms with E-state index in [0.29, 0.717) is 0 Å². The predicted molar refractivity (Wildman–Crippen MR) is 76.5 cm³/mol. The highest BCUT2D eigenvalue weighted by molar-refractivity contribution is 7.14. The summed E-state index contributed by atoms with van der Waals surface area (Å²) in [6.45, 7) is 1.78. The van der Waals surface area contributed by atoms with Crippen LogP contribution in [0.2, 0.25) is 0 Å². The van der Waals surface area contributed by atoms with E-state index in [9.17, 15) is 4.79 Å². The average molecular weight is 266 g/mol. The molecule has 0 saturated heterocycles. The molecule has 0 aliphatic heterocycles. The molecule has 4 heteroatoms. The van der Waals surface area contributed by atoms with Crippen LogP contribution in [0.3, 0.4) is 0 Å². The molecule has 18 heavy (non-hydrogen) atoms. The van der Waals surface area contributed by atoms with Gasteiger partial charge in [0.05, 0.1) is 4.88 Å². The zero-order valence-corrected chi connectivity index (χ0v) is 12.1. The van der Waals surface area contributed by atoms with Crippen molar-refractivity contribution >= 4 is 17.2 Å². The maximum Gasteiger partial charge on any atom is 0.263 e. The first kappa shape index (κ1) is 13.6. The molecular formula is C14H22N2OS. The Kier molecular flexibility index (Phi) is 4.78. The number of amides is 1. The summed E-state index contributed by atoms with van der Waals surface area (Å²) >= 11 is 1.70. The number of carbonyl (C=O) groups excluding carboxylic acids is 1. The Morgan fingerprint density at radius 1 is 1.44 bits per heavy atom. The third-order valence-electron chi connectivity index (χ3n) is 3.47. The van der Waals surface area contributed by atoms with E-state index in [1.807, 2.05) is 19.0 Å². The fourth-order valence-electron chi connectivity index (χ4n) is 2.38. The Morgan fingerprint density at radius 2 is 2.22 bits per heavy atom. The van der Waals surface area contributed by atoms with Crippen LogP contribution >= 0.6 is 11.3 Å². The van der Waals surface area contributed by atoms with Crippen LogP contribution in [0.1, 0.15) is 39.4 Å².